The topological polar surface area (TPSA) is 63.6 Å². The van der Waals surface area contributed by atoms with Crippen molar-refractivity contribution in [3.8, 4) is 0 Å². The molecule has 0 spiro atoms. The second-order valence-electron chi connectivity index (χ2n) is 3.72. The number of carbonyl (C=O) groups excluding carboxylic acids is 1. The number of ketones is 1. The summed E-state index contributed by atoms with van der Waals surface area (Å²) >= 11 is 0. The van der Waals surface area contributed by atoms with Crippen LogP contribution in [-0.4, -0.2) is 30.1 Å². The molecular formula is C11H9FO4. The van der Waals surface area contributed by atoms with Crippen molar-refractivity contribution >= 4 is 11.8 Å². The summed E-state index contributed by atoms with van der Waals surface area (Å²) in [6, 6.07) is 5.00. The highest BCUT2D eigenvalue weighted by molar-refractivity contribution is 6.13. The van der Waals surface area contributed by atoms with Crippen molar-refractivity contribution in [2.24, 2.45) is 5.41 Å². The molecule has 2 rings (SSSR count). The maximum absolute atomic E-state index is 12.9. The Kier molecular flexibility index (Phi) is 2.47. The van der Waals surface area contributed by atoms with Crippen LogP contribution in [0.25, 0.3) is 0 Å². The molecule has 1 aromatic rings. The van der Waals surface area contributed by atoms with Gasteiger partial charge in [-0.15, -0.1) is 0 Å². The Morgan fingerprint density at radius 3 is 2.50 bits per heavy atom. The molecule has 0 saturated carbocycles. The smallest absolute Gasteiger partial charge is 0.322 e. The molecule has 1 aliphatic heterocycles. The van der Waals surface area contributed by atoms with E-state index in [2.05, 4.69) is 0 Å². The number of Topliss-reactive ketones (excluding diaryl/α,β-unsaturated/α-hetero) is 1. The zero-order chi connectivity index (χ0) is 11.8. The van der Waals surface area contributed by atoms with Crippen LogP contribution in [0.4, 0.5) is 4.39 Å². The summed E-state index contributed by atoms with van der Waals surface area (Å²) in [6.45, 7) is -0.310. The first-order chi connectivity index (χ1) is 7.56. The van der Waals surface area contributed by atoms with Gasteiger partial charge in [0, 0.05) is 5.56 Å². The third kappa shape index (κ3) is 1.49. The number of ether oxygens (including phenoxy) is 1. The van der Waals surface area contributed by atoms with Crippen LogP contribution in [0.2, 0.25) is 0 Å². The molecule has 0 aromatic heterocycles. The minimum absolute atomic E-state index is 0.0608. The van der Waals surface area contributed by atoms with Gasteiger partial charge in [-0.1, -0.05) is 12.1 Å². The summed E-state index contributed by atoms with van der Waals surface area (Å²) in [5, 5.41) is 8.99. The summed E-state index contributed by atoms with van der Waals surface area (Å²) in [7, 11) is 0. The molecule has 0 atom stereocenters. The van der Waals surface area contributed by atoms with Crippen molar-refractivity contribution < 1.29 is 23.8 Å². The van der Waals surface area contributed by atoms with Gasteiger partial charge in [0.2, 0.25) is 0 Å². The summed E-state index contributed by atoms with van der Waals surface area (Å²) in [5.41, 5.74) is -1.47. The van der Waals surface area contributed by atoms with E-state index in [1.807, 2.05) is 0 Å². The number of benzene rings is 1. The molecule has 5 heteroatoms. The highest BCUT2D eigenvalue weighted by atomic mass is 19.1. The van der Waals surface area contributed by atoms with Crippen LogP contribution in [0.5, 0.6) is 0 Å². The highest BCUT2D eigenvalue weighted by Gasteiger charge is 2.53. The SMILES string of the molecule is O=C(O)C1(C(=O)c2cccc(F)c2)COC1. The van der Waals surface area contributed by atoms with Crippen molar-refractivity contribution in [1.82, 2.24) is 0 Å². The maximum atomic E-state index is 12.9. The van der Waals surface area contributed by atoms with E-state index in [4.69, 9.17) is 9.84 Å². The summed E-state index contributed by atoms with van der Waals surface area (Å²) < 4.78 is 17.7. The lowest BCUT2D eigenvalue weighted by Crippen LogP contribution is -2.54. The Labute approximate surface area is 90.6 Å². The molecule has 1 N–H and O–H groups in total. The number of carbonyl (C=O) groups is 2. The van der Waals surface area contributed by atoms with Gasteiger partial charge in [0.25, 0.3) is 0 Å². The molecule has 1 aliphatic rings. The Hall–Kier alpha value is -1.75. The lowest BCUT2D eigenvalue weighted by Gasteiger charge is -2.35. The van der Waals surface area contributed by atoms with Crippen LogP contribution in [0, 0.1) is 11.2 Å². The fourth-order valence-corrected chi connectivity index (χ4v) is 1.56. The lowest BCUT2D eigenvalue weighted by atomic mass is 9.78. The predicted octanol–water partition coefficient (Wildman–Crippen LogP) is 1.11. The first kappa shape index (κ1) is 10.8. The van der Waals surface area contributed by atoms with E-state index < -0.39 is 23.0 Å². The second kappa shape index (κ2) is 3.68. The molecule has 1 saturated heterocycles. The molecule has 84 valence electrons. The fraction of sp³-hybridized carbons (Fsp3) is 0.273. The van der Waals surface area contributed by atoms with E-state index in [0.717, 1.165) is 6.07 Å². The minimum Gasteiger partial charge on any atom is -0.480 e. The highest BCUT2D eigenvalue weighted by Crippen LogP contribution is 2.32. The van der Waals surface area contributed by atoms with E-state index in [1.54, 1.807) is 0 Å². The Balaban J connectivity index is 2.35. The minimum atomic E-state index is -1.53. The number of halogens is 1. The third-order valence-corrected chi connectivity index (χ3v) is 2.63. The zero-order valence-corrected chi connectivity index (χ0v) is 8.27. The molecule has 0 unspecified atom stereocenters. The number of hydrogen-bond donors (Lipinski definition) is 1. The van der Waals surface area contributed by atoms with E-state index in [1.165, 1.54) is 18.2 Å². The summed E-state index contributed by atoms with van der Waals surface area (Å²) in [6.07, 6.45) is 0. The first-order valence-electron chi connectivity index (χ1n) is 4.68. The average Bonchev–Trinajstić information content (AvgIpc) is 2.15. The van der Waals surface area contributed by atoms with E-state index in [9.17, 15) is 14.0 Å². The largest absolute Gasteiger partial charge is 0.480 e. The zero-order valence-electron chi connectivity index (χ0n) is 8.27. The van der Waals surface area contributed by atoms with Crippen LogP contribution in [-0.2, 0) is 9.53 Å². The molecule has 1 fully saturated rings. The number of carboxylic acids is 1. The van der Waals surface area contributed by atoms with Crippen molar-refractivity contribution in [2.45, 2.75) is 0 Å². The van der Waals surface area contributed by atoms with Gasteiger partial charge in [0.05, 0.1) is 13.2 Å². The number of aliphatic carboxylic acids is 1. The molecule has 0 amide bonds. The molecule has 16 heavy (non-hydrogen) atoms. The summed E-state index contributed by atoms with van der Waals surface area (Å²) in [4.78, 5) is 22.9. The van der Waals surface area contributed by atoms with Gasteiger partial charge in [0.15, 0.2) is 11.2 Å². The van der Waals surface area contributed by atoms with Crippen molar-refractivity contribution in [2.75, 3.05) is 13.2 Å². The van der Waals surface area contributed by atoms with Crippen molar-refractivity contribution in [3.05, 3.63) is 35.6 Å². The number of carboxylic acid groups (broad SMARTS) is 1. The Morgan fingerprint density at radius 1 is 1.38 bits per heavy atom. The normalized spacial score (nSPS) is 17.6. The van der Waals surface area contributed by atoms with E-state index in [-0.39, 0.29) is 18.8 Å². The van der Waals surface area contributed by atoms with Gasteiger partial charge in [-0.05, 0) is 12.1 Å². The van der Waals surface area contributed by atoms with Crippen LogP contribution < -0.4 is 0 Å². The molecule has 1 heterocycles. The molecular weight excluding hydrogens is 215 g/mol. The summed E-state index contributed by atoms with van der Waals surface area (Å²) in [5.74, 6) is -2.40. The number of hydrogen-bond acceptors (Lipinski definition) is 3. The quantitative estimate of drug-likeness (QED) is 0.617. The van der Waals surface area contributed by atoms with Crippen molar-refractivity contribution in [3.63, 3.8) is 0 Å². The lowest BCUT2D eigenvalue weighted by molar-refractivity contribution is -0.169. The van der Waals surface area contributed by atoms with Gasteiger partial charge < -0.3 is 9.84 Å². The molecule has 0 bridgehead atoms. The van der Waals surface area contributed by atoms with Crippen LogP contribution in [0.1, 0.15) is 10.4 Å². The molecule has 0 radical (unpaired) electrons. The van der Waals surface area contributed by atoms with Gasteiger partial charge in [-0.2, -0.15) is 0 Å². The van der Waals surface area contributed by atoms with Crippen molar-refractivity contribution in [1.29, 1.82) is 0 Å². The molecule has 0 aliphatic carbocycles. The number of rotatable bonds is 3. The van der Waals surface area contributed by atoms with Gasteiger partial charge in [-0.25, -0.2) is 4.39 Å². The molecule has 4 nitrogen and oxygen atoms in total. The Morgan fingerprint density at radius 2 is 2.06 bits per heavy atom. The van der Waals surface area contributed by atoms with E-state index >= 15 is 0 Å². The van der Waals surface area contributed by atoms with Gasteiger partial charge in [-0.3, -0.25) is 9.59 Å². The average molecular weight is 224 g/mol. The van der Waals surface area contributed by atoms with Crippen LogP contribution in [0.3, 0.4) is 0 Å². The first-order valence-corrected chi connectivity index (χ1v) is 4.68. The fourth-order valence-electron chi connectivity index (χ4n) is 1.56. The van der Waals surface area contributed by atoms with Crippen LogP contribution >= 0.6 is 0 Å². The van der Waals surface area contributed by atoms with E-state index in [0.29, 0.717) is 0 Å². The van der Waals surface area contributed by atoms with Gasteiger partial charge >= 0.3 is 5.97 Å². The monoisotopic (exact) mass is 224 g/mol. The van der Waals surface area contributed by atoms with Gasteiger partial charge in [0.1, 0.15) is 5.82 Å². The molecule has 1 aromatic carbocycles. The van der Waals surface area contributed by atoms with Crippen LogP contribution in [0.15, 0.2) is 24.3 Å². The predicted molar refractivity (Wildman–Crippen MR) is 51.6 cm³/mol. The third-order valence-electron chi connectivity index (χ3n) is 2.63. The maximum Gasteiger partial charge on any atom is 0.322 e. The Bertz CT molecular complexity index is 451. The second-order valence-corrected chi connectivity index (χ2v) is 3.72. The standard InChI is InChI=1S/C11H9FO4/c12-8-3-1-2-7(4-8)9(13)11(10(14)15)5-16-6-11/h1-4H,5-6H2,(H,14,15).